The molecule has 0 saturated heterocycles. The van der Waals surface area contributed by atoms with Crippen molar-refractivity contribution in [2.45, 2.75) is 30.8 Å². The Kier molecular flexibility index (Phi) is 12.7. The van der Waals surface area contributed by atoms with Crippen LogP contribution < -0.4 is 15.5 Å². The Balaban J connectivity index is 1.71. The van der Waals surface area contributed by atoms with Crippen molar-refractivity contribution in [3.05, 3.63) is 64.9 Å². The molecule has 268 valence electrons. The van der Waals surface area contributed by atoms with Crippen LogP contribution in [0, 0.1) is 11.6 Å². The minimum atomic E-state index is -4.38. The molecule has 2 heterocycles. The van der Waals surface area contributed by atoms with Crippen molar-refractivity contribution in [1.82, 2.24) is 19.0 Å². The molecule has 0 radical (unpaired) electrons. The summed E-state index contributed by atoms with van der Waals surface area (Å²) in [7, 11) is 4.55. The van der Waals surface area contributed by atoms with E-state index in [-0.39, 0.29) is 55.7 Å². The number of fused-ring (bicyclic) bond motifs is 1. The lowest BCUT2D eigenvalue weighted by Crippen LogP contribution is -2.37. The van der Waals surface area contributed by atoms with E-state index in [0.29, 0.717) is 24.1 Å². The molecule has 2 aromatic carbocycles. The van der Waals surface area contributed by atoms with Gasteiger partial charge in [-0.2, -0.15) is 8.99 Å². The molecule has 0 fully saturated rings. The van der Waals surface area contributed by atoms with E-state index in [4.69, 9.17) is 14.2 Å². The first kappa shape index (κ1) is 37.7. The molecule has 0 aliphatic carbocycles. The van der Waals surface area contributed by atoms with E-state index in [2.05, 4.69) is 25.5 Å². The van der Waals surface area contributed by atoms with Crippen LogP contribution in [0.2, 0.25) is 0 Å². The number of amides is 1. The van der Waals surface area contributed by atoms with Crippen LogP contribution in [0.25, 0.3) is 0 Å². The standard InChI is InChI=1S/C32H43F2N7O7S/c1-21(20-47-6)35-28-18-24(39(4)12-11-38(2)3)7-8-26(28)31(42)36-30-27-19-40(49(44,45)25-16-22(33)15-23(34)17-25)10-9-29(27)41(37-30)32(43)48-14-13-46-5/h7-8,15-18,21,35H,9-14,19-20H2,1-6H3,(H,36,37,42). The van der Waals surface area contributed by atoms with Gasteiger partial charge in [0.25, 0.3) is 5.91 Å². The molecule has 3 aromatic rings. The average Bonchev–Trinajstić information content (AvgIpc) is 3.40. The highest BCUT2D eigenvalue weighted by molar-refractivity contribution is 7.89. The Bertz CT molecular complexity index is 1730. The maximum absolute atomic E-state index is 14.0. The van der Waals surface area contributed by atoms with Gasteiger partial charge in [-0.05, 0) is 51.4 Å². The number of anilines is 3. The van der Waals surface area contributed by atoms with Crippen molar-refractivity contribution in [2.24, 2.45) is 0 Å². The zero-order valence-electron chi connectivity index (χ0n) is 28.5. The van der Waals surface area contributed by atoms with Crippen LogP contribution in [0.15, 0.2) is 41.3 Å². The predicted molar refractivity (Wildman–Crippen MR) is 180 cm³/mol. The smallest absolute Gasteiger partial charge is 0.435 e. The number of methoxy groups -OCH3 is 2. The number of carbonyl (C=O) groups is 2. The van der Waals surface area contributed by atoms with Crippen LogP contribution in [0.4, 0.5) is 30.8 Å². The summed E-state index contributed by atoms with van der Waals surface area (Å²) < 4.78 is 72.4. The van der Waals surface area contributed by atoms with Gasteiger partial charge in [0.1, 0.15) is 18.2 Å². The highest BCUT2D eigenvalue weighted by Crippen LogP contribution is 2.32. The number of sulfonamides is 1. The van der Waals surface area contributed by atoms with Gasteiger partial charge in [-0.15, -0.1) is 5.10 Å². The number of halogens is 2. The van der Waals surface area contributed by atoms with Crippen molar-refractivity contribution in [3.63, 3.8) is 0 Å². The van der Waals surface area contributed by atoms with E-state index in [9.17, 15) is 26.8 Å². The molecule has 1 amide bonds. The second-order valence-electron chi connectivity index (χ2n) is 11.9. The molecule has 1 aliphatic rings. The Morgan fingerprint density at radius 1 is 1.02 bits per heavy atom. The number of hydrogen-bond donors (Lipinski definition) is 2. The fourth-order valence-electron chi connectivity index (χ4n) is 5.25. The number of ether oxygens (including phenoxy) is 3. The minimum Gasteiger partial charge on any atom is -0.445 e. The van der Waals surface area contributed by atoms with Crippen LogP contribution in [0.5, 0.6) is 0 Å². The van der Waals surface area contributed by atoms with E-state index >= 15 is 0 Å². The van der Waals surface area contributed by atoms with E-state index in [1.807, 2.05) is 40.2 Å². The van der Waals surface area contributed by atoms with E-state index in [1.54, 1.807) is 13.2 Å². The molecular formula is C32H43F2N7O7S. The Morgan fingerprint density at radius 2 is 1.73 bits per heavy atom. The van der Waals surface area contributed by atoms with Crippen molar-refractivity contribution in [3.8, 4) is 0 Å². The fourth-order valence-corrected chi connectivity index (χ4v) is 6.70. The number of benzene rings is 2. The normalized spacial score (nSPS) is 14.0. The molecular weight excluding hydrogens is 664 g/mol. The third kappa shape index (κ3) is 9.30. The quantitative estimate of drug-likeness (QED) is 0.225. The van der Waals surface area contributed by atoms with E-state index < -0.39 is 38.6 Å². The number of nitrogens with one attached hydrogen (secondary N) is 2. The summed E-state index contributed by atoms with van der Waals surface area (Å²) in [6, 6.07) is 7.19. The van der Waals surface area contributed by atoms with E-state index in [1.165, 1.54) is 7.11 Å². The molecule has 14 nitrogen and oxygen atoms in total. The number of likely N-dealkylation sites (N-methyl/N-ethyl adjacent to an activating group) is 2. The monoisotopic (exact) mass is 707 g/mol. The van der Waals surface area contributed by atoms with Crippen LogP contribution in [0.3, 0.4) is 0 Å². The molecule has 1 unspecified atom stereocenters. The summed E-state index contributed by atoms with van der Waals surface area (Å²) in [5.41, 5.74) is 2.18. The summed E-state index contributed by atoms with van der Waals surface area (Å²) in [6.45, 7) is 3.40. The summed E-state index contributed by atoms with van der Waals surface area (Å²) in [4.78, 5) is 30.5. The third-order valence-electron chi connectivity index (χ3n) is 7.80. The lowest BCUT2D eigenvalue weighted by Gasteiger charge is -2.27. The molecule has 2 N–H and O–H groups in total. The van der Waals surface area contributed by atoms with Crippen molar-refractivity contribution in [2.75, 3.05) is 90.4 Å². The van der Waals surface area contributed by atoms with Crippen LogP contribution in [-0.2, 0) is 37.2 Å². The first-order valence-corrected chi connectivity index (χ1v) is 17.0. The molecule has 4 rings (SSSR count). The lowest BCUT2D eigenvalue weighted by molar-refractivity contribution is 0.0967. The summed E-state index contributed by atoms with van der Waals surface area (Å²) >= 11 is 0. The van der Waals surface area contributed by atoms with Gasteiger partial charge in [0.2, 0.25) is 10.0 Å². The molecule has 17 heteroatoms. The highest BCUT2D eigenvalue weighted by Gasteiger charge is 2.35. The SMILES string of the molecule is COCCOC(=O)n1nc(NC(=O)c2ccc(N(C)CCN(C)C)cc2NC(C)COC)c2c1CCN(S(=O)(=O)c1cc(F)cc(F)c1)C2. The van der Waals surface area contributed by atoms with Gasteiger partial charge >= 0.3 is 6.09 Å². The van der Waals surface area contributed by atoms with E-state index in [0.717, 1.165) is 39.9 Å². The second kappa shape index (κ2) is 16.5. The Morgan fingerprint density at radius 3 is 2.39 bits per heavy atom. The molecule has 0 bridgehead atoms. The largest absolute Gasteiger partial charge is 0.445 e. The maximum Gasteiger partial charge on any atom is 0.435 e. The van der Waals surface area contributed by atoms with Crippen molar-refractivity contribution >= 4 is 39.2 Å². The average molecular weight is 708 g/mol. The molecule has 1 atom stereocenters. The fraction of sp³-hybridized carbons (Fsp3) is 0.469. The van der Waals surface area contributed by atoms with Crippen molar-refractivity contribution in [1.29, 1.82) is 0 Å². The minimum absolute atomic E-state index is 0.00999. The summed E-state index contributed by atoms with van der Waals surface area (Å²) in [6.07, 6.45) is -0.859. The third-order valence-corrected chi connectivity index (χ3v) is 9.63. The Labute approximate surface area is 284 Å². The topological polar surface area (TPSA) is 148 Å². The molecule has 1 aromatic heterocycles. The molecule has 0 spiro atoms. The molecule has 49 heavy (non-hydrogen) atoms. The van der Waals surface area contributed by atoms with Crippen LogP contribution >= 0.6 is 0 Å². The van der Waals surface area contributed by atoms with Crippen molar-refractivity contribution < 1.29 is 41.0 Å². The number of rotatable bonds is 15. The van der Waals surface area contributed by atoms with Gasteiger partial charge < -0.3 is 34.6 Å². The second-order valence-corrected chi connectivity index (χ2v) is 13.8. The highest BCUT2D eigenvalue weighted by atomic mass is 32.2. The molecule has 1 aliphatic heterocycles. The number of aromatic nitrogens is 2. The zero-order chi connectivity index (χ0) is 35.9. The summed E-state index contributed by atoms with van der Waals surface area (Å²) in [5.74, 6) is -2.75. The van der Waals surface area contributed by atoms with Gasteiger partial charge in [0.15, 0.2) is 5.82 Å². The zero-order valence-corrected chi connectivity index (χ0v) is 29.3. The van der Waals surface area contributed by atoms with Gasteiger partial charge in [0, 0.05) is 82.9 Å². The first-order chi connectivity index (χ1) is 23.2. The van der Waals surface area contributed by atoms with Gasteiger partial charge in [-0.3, -0.25) is 4.79 Å². The maximum atomic E-state index is 14.0. The number of carbonyl (C=O) groups excluding carboxylic acids is 2. The van der Waals surface area contributed by atoms with Crippen LogP contribution in [-0.4, -0.2) is 120 Å². The summed E-state index contributed by atoms with van der Waals surface area (Å²) in [5, 5.41) is 10.4. The van der Waals surface area contributed by atoms with Crippen LogP contribution in [0.1, 0.15) is 28.5 Å². The van der Waals surface area contributed by atoms with Gasteiger partial charge in [-0.25, -0.2) is 22.0 Å². The number of nitrogens with zero attached hydrogens (tertiary/aromatic N) is 5. The number of hydrogen-bond acceptors (Lipinski definition) is 11. The first-order valence-electron chi connectivity index (χ1n) is 15.5. The molecule has 0 saturated carbocycles. The lowest BCUT2D eigenvalue weighted by atomic mass is 10.1. The Hall–Kier alpha value is -4.16. The van der Waals surface area contributed by atoms with Gasteiger partial charge in [-0.1, -0.05) is 0 Å². The predicted octanol–water partition coefficient (Wildman–Crippen LogP) is 3.24. The van der Waals surface area contributed by atoms with Gasteiger partial charge in [0.05, 0.1) is 29.4 Å².